The van der Waals surface area contributed by atoms with E-state index in [4.69, 9.17) is 5.11 Å². The Kier molecular flexibility index (Phi) is 6.54. The van der Waals surface area contributed by atoms with Gasteiger partial charge in [-0.1, -0.05) is 24.3 Å². The standard InChI is InChI=1S/C14H19NO2S/c1-15(2)9-10-18-11-13-6-4-3-5-12(13)7-8-14(16)17/h3-8H,9-11H2,1-2H3,(H,16,17). The van der Waals surface area contributed by atoms with Crippen molar-refractivity contribution in [1.82, 2.24) is 4.90 Å². The van der Waals surface area contributed by atoms with Gasteiger partial charge in [0.05, 0.1) is 0 Å². The fourth-order valence-corrected chi connectivity index (χ4v) is 2.54. The minimum absolute atomic E-state index is 0.911. The summed E-state index contributed by atoms with van der Waals surface area (Å²) in [7, 11) is 4.12. The van der Waals surface area contributed by atoms with Crippen molar-refractivity contribution in [2.45, 2.75) is 5.75 Å². The van der Waals surface area contributed by atoms with Gasteiger partial charge in [0.1, 0.15) is 0 Å². The molecular weight excluding hydrogens is 246 g/mol. The number of carbonyl (C=O) groups is 1. The molecule has 0 spiro atoms. The zero-order valence-electron chi connectivity index (χ0n) is 10.8. The fourth-order valence-electron chi connectivity index (χ4n) is 1.42. The van der Waals surface area contributed by atoms with E-state index in [0.29, 0.717) is 0 Å². The molecule has 0 bridgehead atoms. The molecular formula is C14H19NO2S. The second kappa shape index (κ2) is 7.95. The maximum atomic E-state index is 10.5. The quantitative estimate of drug-likeness (QED) is 0.607. The average Bonchev–Trinajstić information content (AvgIpc) is 2.33. The van der Waals surface area contributed by atoms with E-state index in [-0.39, 0.29) is 0 Å². The van der Waals surface area contributed by atoms with Crippen LogP contribution in [-0.4, -0.2) is 42.4 Å². The summed E-state index contributed by atoms with van der Waals surface area (Å²) in [4.78, 5) is 12.7. The van der Waals surface area contributed by atoms with Crippen LogP contribution < -0.4 is 0 Å². The number of nitrogens with zero attached hydrogens (tertiary/aromatic N) is 1. The summed E-state index contributed by atoms with van der Waals surface area (Å²) < 4.78 is 0. The Balaban J connectivity index is 2.56. The largest absolute Gasteiger partial charge is 0.478 e. The summed E-state index contributed by atoms with van der Waals surface area (Å²) in [5, 5.41) is 8.64. The van der Waals surface area contributed by atoms with E-state index >= 15 is 0 Å². The number of carboxylic acid groups (broad SMARTS) is 1. The topological polar surface area (TPSA) is 40.5 Å². The van der Waals surface area contributed by atoms with Crippen LogP contribution in [0.3, 0.4) is 0 Å². The van der Waals surface area contributed by atoms with Gasteiger partial charge in [0.15, 0.2) is 0 Å². The van der Waals surface area contributed by atoms with Crippen LogP contribution in [0.1, 0.15) is 11.1 Å². The van der Waals surface area contributed by atoms with E-state index in [9.17, 15) is 4.79 Å². The number of hydrogen-bond donors (Lipinski definition) is 1. The molecule has 0 fully saturated rings. The molecule has 0 aromatic heterocycles. The Morgan fingerprint density at radius 3 is 2.78 bits per heavy atom. The Bertz CT molecular complexity index is 416. The molecule has 0 atom stereocenters. The molecule has 0 saturated carbocycles. The van der Waals surface area contributed by atoms with Crippen molar-refractivity contribution >= 4 is 23.8 Å². The van der Waals surface area contributed by atoms with Crippen LogP contribution >= 0.6 is 11.8 Å². The first kappa shape index (κ1) is 14.8. The van der Waals surface area contributed by atoms with E-state index < -0.39 is 5.97 Å². The predicted molar refractivity (Wildman–Crippen MR) is 77.8 cm³/mol. The van der Waals surface area contributed by atoms with E-state index in [1.54, 1.807) is 6.08 Å². The first-order valence-corrected chi connectivity index (χ1v) is 6.96. The molecule has 1 rings (SSSR count). The molecule has 1 aromatic rings. The SMILES string of the molecule is CN(C)CCSCc1ccccc1C=CC(=O)O. The predicted octanol–water partition coefficient (Wildman–Crippen LogP) is 2.58. The van der Waals surface area contributed by atoms with E-state index in [2.05, 4.69) is 19.0 Å². The number of hydrogen-bond acceptors (Lipinski definition) is 3. The maximum Gasteiger partial charge on any atom is 0.328 e. The van der Waals surface area contributed by atoms with Crippen LogP contribution in [-0.2, 0) is 10.5 Å². The van der Waals surface area contributed by atoms with Crippen LogP contribution in [0.25, 0.3) is 6.08 Å². The molecule has 0 amide bonds. The molecule has 18 heavy (non-hydrogen) atoms. The van der Waals surface area contributed by atoms with Crippen molar-refractivity contribution < 1.29 is 9.90 Å². The molecule has 1 aromatic carbocycles. The first-order valence-electron chi connectivity index (χ1n) is 5.81. The van der Waals surface area contributed by atoms with Gasteiger partial charge in [0, 0.05) is 24.1 Å². The molecule has 0 saturated heterocycles. The summed E-state index contributed by atoms with van der Waals surface area (Å²) >= 11 is 1.86. The summed E-state index contributed by atoms with van der Waals surface area (Å²) in [6, 6.07) is 7.90. The molecule has 0 radical (unpaired) electrons. The molecule has 0 aliphatic carbocycles. The lowest BCUT2D eigenvalue weighted by Gasteiger charge is -2.09. The van der Waals surface area contributed by atoms with Gasteiger partial charge in [-0.15, -0.1) is 0 Å². The average molecular weight is 265 g/mol. The fraction of sp³-hybridized carbons (Fsp3) is 0.357. The first-order chi connectivity index (χ1) is 8.59. The van der Waals surface area contributed by atoms with Gasteiger partial charge in [-0.05, 0) is 31.3 Å². The summed E-state index contributed by atoms with van der Waals surface area (Å²) in [5.74, 6) is 1.07. The summed E-state index contributed by atoms with van der Waals surface area (Å²) in [6.07, 6.45) is 2.84. The molecule has 98 valence electrons. The van der Waals surface area contributed by atoms with Gasteiger partial charge < -0.3 is 10.0 Å². The van der Waals surface area contributed by atoms with E-state index in [0.717, 1.165) is 23.6 Å². The normalized spacial score (nSPS) is 11.3. The lowest BCUT2D eigenvalue weighted by molar-refractivity contribution is -0.131. The minimum Gasteiger partial charge on any atom is -0.478 e. The Hall–Kier alpha value is -1.26. The van der Waals surface area contributed by atoms with Crippen molar-refractivity contribution in [2.24, 2.45) is 0 Å². The van der Waals surface area contributed by atoms with Crippen molar-refractivity contribution in [3.8, 4) is 0 Å². The maximum absolute atomic E-state index is 10.5. The van der Waals surface area contributed by atoms with Crippen molar-refractivity contribution in [3.05, 3.63) is 41.5 Å². The second-order valence-corrected chi connectivity index (χ2v) is 5.33. The van der Waals surface area contributed by atoms with Crippen LogP contribution in [0.5, 0.6) is 0 Å². The monoisotopic (exact) mass is 265 g/mol. The third-order valence-electron chi connectivity index (χ3n) is 2.40. The highest BCUT2D eigenvalue weighted by Gasteiger charge is 2.00. The van der Waals surface area contributed by atoms with Crippen molar-refractivity contribution in [2.75, 3.05) is 26.4 Å². The number of carboxylic acids is 1. The summed E-state index contributed by atoms with van der Waals surface area (Å²) in [5.41, 5.74) is 2.16. The lowest BCUT2D eigenvalue weighted by Crippen LogP contribution is -2.14. The third-order valence-corrected chi connectivity index (χ3v) is 3.39. The number of rotatable bonds is 7. The van der Waals surface area contributed by atoms with Crippen LogP contribution in [0, 0.1) is 0 Å². The molecule has 0 aliphatic heterocycles. The third kappa shape index (κ3) is 5.89. The summed E-state index contributed by atoms with van der Waals surface area (Å²) in [6.45, 7) is 1.05. The molecule has 0 aliphatic rings. The van der Waals surface area contributed by atoms with Crippen molar-refractivity contribution in [1.29, 1.82) is 0 Å². The van der Waals surface area contributed by atoms with E-state index in [1.807, 2.05) is 36.0 Å². The molecule has 1 N–H and O–H groups in total. The molecule has 0 heterocycles. The Morgan fingerprint density at radius 1 is 1.39 bits per heavy atom. The Labute approximate surface area is 113 Å². The molecule has 3 nitrogen and oxygen atoms in total. The molecule has 4 heteroatoms. The van der Waals surface area contributed by atoms with Gasteiger partial charge in [-0.25, -0.2) is 4.79 Å². The molecule has 0 unspecified atom stereocenters. The smallest absolute Gasteiger partial charge is 0.328 e. The van der Waals surface area contributed by atoms with Crippen molar-refractivity contribution in [3.63, 3.8) is 0 Å². The number of thioether (sulfide) groups is 1. The highest BCUT2D eigenvalue weighted by Crippen LogP contribution is 2.17. The highest BCUT2D eigenvalue weighted by molar-refractivity contribution is 7.98. The minimum atomic E-state index is -0.912. The van der Waals surface area contributed by atoms with Gasteiger partial charge in [-0.2, -0.15) is 11.8 Å². The van der Waals surface area contributed by atoms with Gasteiger partial charge >= 0.3 is 5.97 Å². The zero-order chi connectivity index (χ0) is 13.4. The van der Waals surface area contributed by atoms with Gasteiger partial charge in [0.25, 0.3) is 0 Å². The zero-order valence-corrected chi connectivity index (χ0v) is 11.6. The van der Waals surface area contributed by atoms with Crippen LogP contribution in [0.4, 0.5) is 0 Å². The second-order valence-electron chi connectivity index (χ2n) is 4.23. The number of aliphatic carboxylic acids is 1. The van der Waals surface area contributed by atoms with E-state index in [1.165, 1.54) is 11.6 Å². The van der Waals surface area contributed by atoms with Gasteiger partial charge in [-0.3, -0.25) is 0 Å². The lowest BCUT2D eigenvalue weighted by atomic mass is 10.1. The highest BCUT2D eigenvalue weighted by atomic mass is 32.2. The number of benzene rings is 1. The van der Waals surface area contributed by atoms with Crippen LogP contribution in [0.15, 0.2) is 30.3 Å². The van der Waals surface area contributed by atoms with Crippen LogP contribution in [0.2, 0.25) is 0 Å². The Morgan fingerprint density at radius 2 is 2.11 bits per heavy atom. The van der Waals surface area contributed by atoms with Gasteiger partial charge in [0.2, 0.25) is 0 Å².